The number of fused-ring (bicyclic) bond motifs is 1. The highest BCUT2D eigenvalue weighted by molar-refractivity contribution is 7.09. The molecule has 0 saturated carbocycles. The maximum absolute atomic E-state index is 10.7. The molecule has 0 bridgehead atoms. The summed E-state index contributed by atoms with van der Waals surface area (Å²) in [6, 6.07) is 10.6. The first kappa shape index (κ1) is 13.3. The summed E-state index contributed by atoms with van der Waals surface area (Å²) in [4.78, 5) is 4.35. The van der Waals surface area contributed by atoms with E-state index in [1.807, 2.05) is 24.4 Å². The zero-order valence-electron chi connectivity index (χ0n) is 11.3. The van der Waals surface area contributed by atoms with E-state index in [1.165, 1.54) is 22.5 Å². The topological polar surface area (TPSA) is 56.9 Å². The zero-order chi connectivity index (χ0) is 14.2. The van der Waals surface area contributed by atoms with Crippen LogP contribution in [-0.2, 0) is 12.8 Å². The van der Waals surface area contributed by atoms with Gasteiger partial charge < -0.3 is 5.11 Å². The first-order valence-corrected chi connectivity index (χ1v) is 7.61. The fourth-order valence-electron chi connectivity index (χ4n) is 2.88. The molecule has 1 N–H and O–H groups in total. The summed E-state index contributed by atoms with van der Waals surface area (Å²) in [5, 5.41) is 22.9. The first-order valence-electron chi connectivity index (χ1n) is 6.73. The van der Waals surface area contributed by atoms with Crippen LogP contribution in [0, 0.1) is 23.7 Å². The fraction of sp³-hybridized carbons (Fsp3) is 0.375. The smallest absolute Gasteiger partial charge is 0.124 e. The van der Waals surface area contributed by atoms with Crippen molar-refractivity contribution in [3.05, 3.63) is 51.5 Å². The SMILES string of the molecule is Cc1csc(C(O)C2(C#N)CCc3ccccc3C2)n1. The third kappa shape index (κ3) is 2.13. The van der Waals surface area contributed by atoms with Gasteiger partial charge in [-0.3, -0.25) is 0 Å². The Hall–Kier alpha value is -1.70. The van der Waals surface area contributed by atoms with Gasteiger partial charge >= 0.3 is 0 Å². The number of aliphatic hydroxyl groups excluding tert-OH is 1. The molecule has 0 amide bonds. The van der Waals surface area contributed by atoms with Gasteiger partial charge in [-0.15, -0.1) is 11.3 Å². The number of nitrogens with zero attached hydrogens (tertiary/aromatic N) is 2. The number of hydrogen-bond acceptors (Lipinski definition) is 4. The van der Waals surface area contributed by atoms with Gasteiger partial charge in [-0.05, 0) is 37.3 Å². The summed E-state index contributed by atoms with van der Waals surface area (Å²) < 4.78 is 0. The molecule has 1 aromatic carbocycles. The summed E-state index contributed by atoms with van der Waals surface area (Å²) in [7, 11) is 0. The van der Waals surface area contributed by atoms with E-state index in [9.17, 15) is 10.4 Å². The van der Waals surface area contributed by atoms with E-state index in [1.54, 1.807) is 0 Å². The molecule has 20 heavy (non-hydrogen) atoms. The Labute approximate surface area is 122 Å². The molecule has 2 unspecified atom stereocenters. The molecule has 0 spiro atoms. The zero-order valence-corrected chi connectivity index (χ0v) is 12.2. The maximum Gasteiger partial charge on any atom is 0.124 e. The molecular weight excluding hydrogens is 268 g/mol. The molecule has 4 heteroatoms. The second kappa shape index (κ2) is 5.01. The number of thiazole rings is 1. The van der Waals surface area contributed by atoms with Crippen LogP contribution in [0.5, 0.6) is 0 Å². The van der Waals surface area contributed by atoms with Gasteiger partial charge in [0.05, 0.1) is 11.5 Å². The molecule has 0 radical (unpaired) electrons. The maximum atomic E-state index is 10.7. The third-order valence-corrected chi connectivity index (χ3v) is 5.10. The lowest BCUT2D eigenvalue weighted by Crippen LogP contribution is -2.34. The summed E-state index contributed by atoms with van der Waals surface area (Å²) in [5.41, 5.74) is 2.61. The second-order valence-corrected chi connectivity index (χ2v) is 6.33. The van der Waals surface area contributed by atoms with Gasteiger partial charge in [-0.2, -0.15) is 5.26 Å². The lowest BCUT2D eigenvalue weighted by Gasteiger charge is -2.35. The van der Waals surface area contributed by atoms with Gasteiger partial charge in [0, 0.05) is 11.1 Å². The number of benzene rings is 1. The molecule has 3 nitrogen and oxygen atoms in total. The van der Waals surface area contributed by atoms with Crippen LogP contribution in [0.2, 0.25) is 0 Å². The highest BCUT2D eigenvalue weighted by Gasteiger charge is 2.43. The summed E-state index contributed by atoms with van der Waals surface area (Å²) in [5.74, 6) is 0. The molecule has 3 rings (SSSR count). The minimum absolute atomic E-state index is 0.597. The number of aromatic nitrogens is 1. The number of nitriles is 1. The van der Waals surface area contributed by atoms with E-state index >= 15 is 0 Å². The van der Waals surface area contributed by atoms with Crippen LogP contribution in [0.15, 0.2) is 29.6 Å². The van der Waals surface area contributed by atoms with Gasteiger partial charge in [-0.25, -0.2) is 4.98 Å². The van der Waals surface area contributed by atoms with Crippen LogP contribution >= 0.6 is 11.3 Å². The molecule has 2 atom stereocenters. The predicted molar refractivity (Wildman–Crippen MR) is 78.3 cm³/mol. The van der Waals surface area contributed by atoms with Gasteiger partial charge in [0.1, 0.15) is 11.1 Å². The molecule has 0 fully saturated rings. The average molecular weight is 284 g/mol. The van der Waals surface area contributed by atoms with Crippen molar-refractivity contribution in [2.45, 2.75) is 32.3 Å². The van der Waals surface area contributed by atoms with E-state index in [0.29, 0.717) is 17.8 Å². The monoisotopic (exact) mass is 284 g/mol. The van der Waals surface area contributed by atoms with Gasteiger partial charge in [0.25, 0.3) is 0 Å². The largest absolute Gasteiger partial charge is 0.384 e. The molecule has 102 valence electrons. The Morgan fingerprint density at radius 3 is 2.80 bits per heavy atom. The Balaban J connectivity index is 1.96. The first-order chi connectivity index (χ1) is 9.64. The highest BCUT2D eigenvalue weighted by atomic mass is 32.1. The summed E-state index contributed by atoms with van der Waals surface area (Å²) in [6.45, 7) is 1.90. The van der Waals surface area contributed by atoms with Crippen molar-refractivity contribution in [3.63, 3.8) is 0 Å². The van der Waals surface area contributed by atoms with Gasteiger partial charge in [0.2, 0.25) is 0 Å². The lowest BCUT2D eigenvalue weighted by molar-refractivity contribution is 0.0523. The Bertz CT molecular complexity index is 673. The number of aryl methyl sites for hydroxylation is 2. The minimum Gasteiger partial charge on any atom is -0.384 e. The van der Waals surface area contributed by atoms with Gasteiger partial charge in [0.15, 0.2) is 0 Å². The van der Waals surface area contributed by atoms with E-state index in [4.69, 9.17) is 0 Å². The third-order valence-electron chi connectivity index (χ3n) is 4.08. The van der Waals surface area contributed by atoms with Crippen LogP contribution < -0.4 is 0 Å². The minimum atomic E-state index is -0.806. The van der Waals surface area contributed by atoms with Crippen LogP contribution in [0.25, 0.3) is 0 Å². The lowest BCUT2D eigenvalue weighted by atomic mass is 9.69. The Kier molecular flexibility index (Phi) is 3.33. The molecule has 1 heterocycles. The van der Waals surface area contributed by atoms with Crippen molar-refractivity contribution in [1.82, 2.24) is 4.98 Å². The quantitative estimate of drug-likeness (QED) is 0.921. The van der Waals surface area contributed by atoms with Crippen LogP contribution in [-0.4, -0.2) is 10.1 Å². The standard InChI is InChI=1S/C16H16N2OS/c1-11-9-20-15(18-11)14(19)16(10-17)7-6-12-4-2-3-5-13(12)8-16/h2-5,9,14,19H,6-8H2,1H3. The Morgan fingerprint density at radius 2 is 2.15 bits per heavy atom. The normalized spacial score (nSPS) is 22.9. The van der Waals surface area contributed by atoms with Crippen molar-refractivity contribution in [2.24, 2.45) is 5.41 Å². The van der Waals surface area contributed by atoms with E-state index < -0.39 is 11.5 Å². The van der Waals surface area contributed by atoms with Crippen LogP contribution in [0.3, 0.4) is 0 Å². The van der Waals surface area contributed by atoms with E-state index in [0.717, 1.165) is 12.1 Å². The predicted octanol–water partition coefficient (Wildman–Crippen LogP) is 3.18. The van der Waals surface area contributed by atoms with Crippen molar-refractivity contribution >= 4 is 11.3 Å². The molecule has 1 aliphatic rings. The molecule has 1 aromatic heterocycles. The van der Waals surface area contributed by atoms with E-state index in [2.05, 4.69) is 23.2 Å². The molecular formula is C16H16N2OS. The van der Waals surface area contributed by atoms with Crippen molar-refractivity contribution in [3.8, 4) is 6.07 Å². The number of aliphatic hydroxyl groups is 1. The van der Waals surface area contributed by atoms with Crippen LogP contribution in [0.1, 0.15) is 34.4 Å². The second-order valence-electron chi connectivity index (χ2n) is 5.44. The summed E-state index contributed by atoms with van der Waals surface area (Å²) in [6.07, 6.45) is 1.31. The highest BCUT2D eigenvalue weighted by Crippen LogP contribution is 2.45. The molecule has 0 saturated heterocycles. The number of hydrogen-bond donors (Lipinski definition) is 1. The van der Waals surface area contributed by atoms with Crippen molar-refractivity contribution < 1.29 is 5.11 Å². The molecule has 1 aliphatic carbocycles. The fourth-order valence-corrected chi connectivity index (χ4v) is 3.78. The Morgan fingerprint density at radius 1 is 1.40 bits per heavy atom. The van der Waals surface area contributed by atoms with Gasteiger partial charge in [-0.1, -0.05) is 24.3 Å². The number of rotatable bonds is 2. The average Bonchev–Trinajstić information content (AvgIpc) is 2.92. The van der Waals surface area contributed by atoms with Crippen LogP contribution in [0.4, 0.5) is 0 Å². The molecule has 2 aromatic rings. The molecule has 0 aliphatic heterocycles. The van der Waals surface area contributed by atoms with Crippen molar-refractivity contribution in [1.29, 1.82) is 5.26 Å². The van der Waals surface area contributed by atoms with E-state index in [-0.39, 0.29) is 0 Å². The van der Waals surface area contributed by atoms with Crippen molar-refractivity contribution in [2.75, 3.05) is 0 Å². The summed E-state index contributed by atoms with van der Waals surface area (Å²) >= 11 is 1.43.